The Morgan fingerprint density at radius 1 is 1.55 bits per heavy atom. The van der Waals surface area contributed by atoms with Gasteiger partial charge in [-0.2, -0.15) is 0 Å². The number of morpholine rings is 1. The molecular formula is C13H21ClN4O4. The van der Waals surface area contributed by atoms with Crippen LogP contribution in [0.25, 0.3) is 0 Å². The predicted molar refractivity (Wildman–Crippen MR) is 82.0 cm³/mol. The van der Waals surface area contributed by atoms with Gasteiger partial charge in [0.05, 0.1) is 19.8 Å². The number of ether oxygens (including phenoxy) is 1. The smallest absolute Gasteiger partial charge is 0.245 e. The van der Waals surface area contributed by atoms with E-state index in [1.807, 2.05) is 0 Å². The number of nitrogens with one attached hydrogen (secondary N) is 2. The number of carbonyl (C=O) groups is 2. The highest BCUT2D eigenvalue weighted by atomic mass is 35.5. The first-order valence-corrected chi connectivity index (χ1v) is 6.83. The summed E-state index contributed by atoms with van der Waals surface area (Å²) in [4.78, 5) is 25.2. The van der Waals surface area contributed by atoms with Gasteiger partial charge in [0.25, 0.3) is 0 Å². The van der Waals surface area contributed by atoms with Crippen LogP contribution in [0.5, 0.6) is 0 Å². The molecule has 1 fully saturated rings. The molecule has 8 nitrogen and oxygen atoms in total. The summed E-state index contributed by atoms with van der Waals surface area (Å²) in [5.41, 5.74) is 0. The molecule has 0 aromatic carbocycles. The summed E-state index contributed by atoms with van der Waals surface area (Å²) in [6, 6.07) is 1.62. The molecule has 1 aromatic heterocycles. The Hall–Kier alpha value is -1.64. The lowest BCUT2D eigenvalue weighted by Gasteiger charge is -2.25. The third kappa shape index (κ3) is 5.63. The number of likely N-dealkylation sites (N-methyl/N-ethyl adjacent to an activating group) is 1. The van der Waals surface area contributed by atoms with E-state index < -0.39 is 0 Å². The van der Waals surface area contributed by atoms with Gasteiger partial charge in [-0.25, -0.2) is 0 Å². The van der Waals surface area contributed by atoms with Crippen LogP contribution in [0.1, 0.15) is 12.2 Å². The van der Waals surface area contributed by atoms with Gasteiger partial charge in [0.2, 0.25) is 11.8 Å². The van der Waals surface area contributed by atoms with Crippen molar-refractivity contribution >= 4 is 30.0 Å². The van der Waals surface area contributed by atoms with Crippen molar-refractivity contribution in [3.05, 3.63) is 11.8 Å². The second-order valence-corrected chi connectivity index (χ2v) is 5.05. The summed E-state index contributed by atoms with van der Waals surface area (Å²) in [5, 5.41) is 9.44. The number of amides is 2. The number of halogens is 1. The predicted octanol–water partition coefficient (Wildman–Crippen LogP) is 0.180. The van der Waals surface area contributed by atoms with Gasteiger partial charge in [-0.1, -0.05) is 5.16 Å². The molecule has 1 saturated heterocycles. The molecule has 0 spiro atoms. The monoisotopic (exact) mass is 332 g/mol. The maximum absolute atomic E-state index is 12.0. The maximum atomic E-state index is 12.0. The second kappa shape index (κ2) is 8.72. The molecule has 0 radical (unpaired) electrons. The molecule has 1 aromatic rings. The first-order chi connectivity index (χ1) is 10.0. The molecule has 2 amide bonds. The van der Waals surface area contributed by atoms with Crippen molar-refractivity contribution in [1.29, 1.82) is 0 Å². The Labute approximate surface area is 134 Å². The van der Waals surface area contributed by atoms with E-state index >= 15 is 0 Å². The van der Waals surface area contributed by atoms with Gasteiger partial charge in [0, 0.05) is 32.1 Å². The molecule has 1 aliphatic heterocycles. The molecule has 124 valence electrons. The number of aromatic nitrogens is 1. The van der Waals surface area contributed by atoms with E-state index in [1.54, 1.807) is 20.0 Å². The lowest BCUT2D eigenvalue weighted by Crippen LogP contribution is -2.45. The number of anilines is 1. The fourth-order valence-electron chi connectivity index (χ4n) is 2.03. The topological polar surface area (TPSA) is 96.7 Å². The molecule has 2 N–H and O–H groups in total. The zero-order valence-electron chi connectivity index (χ0n) is 12.6. The van der Waals surface area contributed by atoms with Crippen molar-refractivity contribution in [2.45, 2.75) is 19.4 Å². The van der Waals surface area contributed by atoms with E-state index in [0.29, 0.717) is 31.2 Å². The molecule has 2 rings (SSSR count). The summed E-state index contributed by atoms with van der Waals surface area (Å²) in [6.07, 6.45) is 0.312. The van der Waals surface area contributed by atoms with Crippen molar-refractivity contribution in [3.63, 3.8) is 0 Å². The average molecular weight is 333 g/mol. The fourth-order valence-corrected chi connectivity index (χ4v) is 2.03. The number of rotatable bonds is 5. The normalized spacial score (nSPS) is 17.5. The molecule has 1 atom stereocenters. The Morgan fingerprint density at radius 3 is 2.91 bits per heavy atom. The SMILES string of the molecule is Cc1cc(NC(=O)CN(C)C(=O)CC2COCCN2)no1.Cl. The molecule has 0 bridgehead atoms. The summed E-state index contributed by atoms with van der Waals surface area (Å²) in [6.45, 7) is 3.63. The van der Waals surface area contributed by atoms with Gasteiger partial charge in [-0.3, -0.25) is 9.59 Å². The van der Waals surface area contributed by atoms with Crippen LogP contribution in [-0.2, 0) is 14.3 Å². The molecule has 1 unspecified atom stereocenters. The van der Waals surface area contributed by atoms with Crippen LogP contribution in [0.15, 0.2) is 10.6 Å². The van der Waals surface area contributed by atoms with Crippen molar-refractivity contribution < 1.29 is 18.8 Å². The maximum Gasteiger partial charge on any atom is 0.245 e. The zero-order valence-corrected chi connectivity index (χ0v) is 13.4. The first-order valence-electron chi connectivity index (χ1n) is 6.83. The van der Waals surface area contributed by atoms with Gasteiger partial charge < -0.3 is 24.8 Å². The molecule has 0 aliphatic carbocycles. The van der Waals surface area contributed by atoms with Crippen molar-refractivity contribution in [2.24, 2.45) is 0 Å². The number of hydrogen-bond acceptors (Lipinski definition) is 6. The van der Waals surface area contributed by atoms with E-state index in [4.69, 9.17) is 9.26 Å². The molecule has 9 heteroatoms. The van der Waals surface area contributed by atoms with E-state index in [1.165, 1.54) is 4.90 Å². The minimum atomic E-state index is -0.313. The molecular weight excluding hydrogens is 312 g/mol. The van der Waals surface area contributed by atoms with Crippen LogP contribution in [0.4, 0.5) is 5.82 Å². The molecule has 0 saturated carbocycles. The number of hydrogen-bond donors (Lipinski definition) is 2. The number of aryl methyl sites for hydroxylation is 1. The zero-order chi connectivity index (χ0) is 15.2. The van der Waals surface area contributed by atoms with Gasteiger partial charge >= 0.3 is 0 Å². The Morgan fingerprint density at radius 2 is 2.32 bits per heavy atom. The lowest BCUT2D eigenvalue weighted by molar-refractivity contribution is -0.134. The van der Waals surface area contributed by atoms with E-state index in [9.17, 15) is 9.59 Å². The molecule has 22 heavy (non-hydrogen) atoms. The first kappa shape index (κ1) is 18.4. The van der Waals surface area contributed by atoms with Crippen LogP contribution in [0.2, 0.25) is 0 Å². The van der Waals surface area contributed by atoms with Crippen LogP contribution >= 0.6 is 12.4 Å². The molecule has 2 heterocycles. The van der Waals surface area contributed by atoms with E-state index in [2.05, 4.69) is 15.8 Å². The number of nitrogens with zero attached hydrogens (tertiary/aromatic N) is 2. The third-order valence-corrected chi connectivity index (χ3v) is 3.12. The fraction of sp³-hybridized carbons (Fsp3) is 0.615. The quantitative estimate of drug-likeness (QED) is 0.798. The Kier molecular flexibility index (Phi) is 7.30. The Balaban J connectivity index is 0.00000242. The van der Waals surface area contributed by atoms with E-state index in [-0.39, 0.29) is 36.8 Å². The van der Waals surface area contributed by atoms with Crippen LogP contribution in [0, 0.1) is 6.92 Å². The van der Waals surface area contributed by atoms with Gasteiger partial charge in [-0.15, -0.1) is 12.4 Å². The van der Waals surface area contributed by atoms with Gasteiger partial charge in [-0.05, 0) is 6.92 Å². The second-order valence-electron chi connectivity index (χ2n) is 5.05. The lowest BCUT2D eigenvalue weighted by atomic mass is 10.2. The van der Waals surface area contributed by atoms with E-state index in [0.717, 1.165) is 6.54 Å². The summed E-state index contributed by atoms with van der Waals surface area (Å²) in [7, 11) is 1.60. The largest absolute Gasteiger partial charge is 0.378 e. The van der Waals surface area contributed by atoms with Crippen molar-refractivity contribution in [1.82, 2.24) is 15.4 Å². The standard InChI is InChI=1S/C13H20N4O4.ClH/c1-9-5-11(16-21-9)15-12(18)7-17(2)13(19)6-10-8-20-4-3-14-10;/h5,10,14H,3-4,6-8H2,1-2H3,(H,15,16,18);1H. The highest BCUT2D eigenvalue weighted by molar-refractivity contribution is 5.93. The summed E-state index contributed by atoms with van der Waals surface area (Å²) >= 11 is 0. The van der Waals surface area contributed by atoms with Gasteiger partial charge in [0.1, 0.15) is 5.76 Å². The third-order valence-electron chi connectivity index (χ3n) is 3.12. The van der Waals surface area contributed by atoms with Crippen LogP contribution in [0.3, 0.4) is 0 Å². The minimum absolute atomic E-state index is 0. The Bertz CT molecular complexity index is 502. The van der Waals surface area contributed by atoms with Crippen molar-refractivity contribution in [2.75, 3.05) is 38.7 Å². The minimum Gasteiger partial charge on any atom is -0.378 e. The highest BCUT2D eigenvalue weighted by Crippen LogP contribution is 2.07. The number of carbonyl (C=O) groups excluding carboxylic acids is 2. The van der Waals surface area contributed by atoms with Crippen LogP contribution < -0.4 is 10.6 Å². The summed E-state index contributed by atoms with van der Waals surface area (Å²) < 4.78 is 10.1. The molecule has 1 aliphatic rings. The average Bonchev–Trinajstić information content (AvgIpc) is 2.84. The van der Waals surface area contributed by atoms with Crippen LogP contribution in [-0.4, -0.2) is 61.3 Å². The van der Waals surface area contributed by atoms with Crippen molar-refractivity contribution in [3.8, 4) is 0 Å². The summed E-state index contributed by atoms with van der Waals surface area (Å²) in [5.74, 6) is 0.537. The van der Waals surface area contributed by atoms with Gasteiger partial charge in [0.15, 0.2) is 5.82 Å². The highest BCUT2D eigenvalue weighted by Gasteiger charge is 2.20.